The van der Waals surface area contributed by atoms with Gasteiger partial charge in [-0.25, -0.2) is 14.4 Å². The van der Waals surface area contributed by atoms with E-state index in [2.05, 4.69) is 4.74 Å². The molecule has 124 valence electrons. The van der Waals surface area contributed by atoms with Gasteiger partial charge in [0, 0.05) is 11.5 Å². The molecular formula is C18H10O7. The smallest absolute Gasteiger partial charge is 0.352 e. The Balaban J connectivity index is 2.20. The van der Waals surface area contributed by atoms with E-state index in [1.165, 1.54) is 12.1 Å². The minimum atomic E-state index is -1.39. The third-order valence-corrected chi connectivity index (χ3v) is 3.01. The average Bonchev–Trinajstić information content (AvgIpc) is 2.61. The molecule has 0 saturated carbocycles. The Kier molecular flexibility index (Phi) is 5.28. The van der Waals surface area contributed by atoms with Crippen molar-refractivity contribution < 1.29 is 34.1 Å². The number of carboxylic acid groups (broad SMARTS) is 2. The van der Waals surface area contributed by atoms with E-state index in [0.29, 0.717) is 0 Å². The van der Waals surface area contributed by atoms with Gasteiger partial charge in [-0.05, 0) is 30.3 Å². The summed E-state index contributed by atoms with van der Waals surface area (Å²) in [7, 11) is 0. The fraction of sp³-hybridized carbons (Fsp3) is 0. The van der Waals surface area contributed by atoms with E-state index < -0.39 is 23.7 Å². The molecular weight excluding hydrogens is 328 g/mol. The molecule has 2 aromatic carbocycles. The van der Waals surface area contributed by atoms with Crippen LogP contribution in [-0.4, -0.2) is 33.9 Å². The highest BCUT2D eigenvalue weighted by Gasteiger charge is 2.14. The molecule has 25 heavy (non-hydrogen) atoms. The van der Waals surface area contributed by atoms with Crippen LogP contribution in [-0.2, 0) is 4.74 Å². The van der Waals surface area contributed by atoms with Gasteiger partial charge in [-0.1, -0.05) is 18.2 Å². The summed E-state index contributed by atoms with van der Waals surface area (Å²) in [6.07, 6.45) is 1.94. The number of esters is 1. The van der Waals surface area contributed by atoms with Crippen LogP contribution in [0, 0.1) is 12.0 Å². The highest BCUT2D eigenvalue weighted by molar-refractivity contribution is 6.11. The Morgan fingerprint density at radius 1 is 0.760 bits per heavy atom. The SMILES string of the molecule is O=C(O)c1cc(C(=O)O)cc(C(=O)C#COC(=O)c2ccccc2)c1. The monoisotopic (exact) mass is 338 g/mol. The number of ketones is 1. The molecule has 0 saturated heterocycles. The molecule has 0 heterocycles. The van der Waals surface area contributed by atoms with Crippen LogP contribution in [0.15, 0.2) is 48.5 Å². The summed E-state index contributed by atoms with van der Waals surface area (Å²) in [4.78, 5) is 45.6. The van der Waals surface area contributed by atoms with Crippen molar-refractivity contribution in [3.05, 3.63) is 70.8 Å². The van der Waals surface area contributed by atoms with Crippen LogP contribution in [0.3, 0.4) is 0 Å². The zero-order valence-electron chi connectivity index (χ0n) is 12.6. The van der Waals surface area contributed by atoms with Crippen LogP contribution in [0.2, 0.25) is 0 Å². The van der Waals surface area contributed by atoms with E-state index in [1.807, 2.05) is 12.0 Å². The van der Waals surface area contributed by atoms with Crippen molar-refractivity contribution in [3.63, 3.8) is 0 Å². The molecule has 7 heteroatoms. The maximum atomic E-state index is 12.0. The number of Topliss-reactive ketones (excluding diaryl/α,β-unsaturated/α-hetero) is 1. The lowest BCUT2D eigenvalue weighted by Gasteiger charge is -2.01. The first-order valence-corrected chi connectivity index (χ1v) is 6.81. The highest BCUT2D eigenvalue weighted by Crippen LogP contribution is 2.12. The molecule has 2 rings (SSSR count). The van der Waals surface area contributed by atoms with Crippen LogP contribution in [0.1, 0.15) is 41.4 Å². The molecule has 2 aromatic rings. The normalized spacial score (nSPS) is 9.44. The van der Waals surface area contributed by atoms with E-state index >= 15 is 0 Å². The Bertz CT molecular complexity index is 885. The van der Waals surface area contributed by atoms with E-state index in [0.717, 1.165) is 18.2 Å². The van der Waals surface area contributed by atoms with Gasteiger partial charge in [0.2, 0.25) is 5.78 Å². The standard InChI is InChI=1S/C18H10O7/c19-15(6-7-25-18(24)11-4-2-1-3-5-11)12-8-13(16(20)21)10-14(9-12)17(22)23/h1-5,8-10H,(H,20,21)(H,22,23). The molecule has 0 unspecified atom stereocenters. The van der Waals surface area contributed by atoms with Crippen molar-refractivity contribution in [2.75, 3.05) is 0 Å². The lowest BCUT2D eigenvalue weighted by atomic mass is 10.0. The number of benzene rings is 2. The van der Waals surface area contributed by atoms with E-state index in [9.17, 15) is 19.2 Å². The number of hydrogen-bond acceptors (Lipinski definition) is 5. The van der Waals surface area contributed by atoms with Crippen LogP contribution in [0.4, 0.5) is 0 Å². The second kappa shape index (κ2) is 7.57. The van der Waals surface area contributed by atoms with Crippen molar-refractivity contribution in [1.82, 2.24) is 0 Å². The van der Waals surface area contributed by atoms with Gasteiger partial charge in [-0.2, -0.15) is 0 Å². The van der Waals surface area contributed by atoms with E-state index in [1.54, 1.807) is 18.2 Å². The predicted molar refractivity (Wildman–Crippen MR) is 84.3 cm³/mol. The third-order valence-electron chi connectivity index (χ3n) is 3.01. The van der Waals surface area contributed by atoms with Crippen molar-refractivity contribution in [1.29, 1.82) is 0 Å². The summed E-state index contributed by atoms with van der Waals surface area (Å²) in [5.74, 6) is -2.40. The zero-order valence-corrected chi connectivity index (χ0v) is 12.6. The zero-order chi connectivity index (χ0) is 18.4. The fourth-order valence-electron chi connectivity index (χ4n) is 1.83. The minimum absolute atomic E-state index is 0.236. The summed E-state index contributed by atoms with van der Waals surface area (Å²) in [5.41, 5.74) is -0.733. The maximum absolute atomic E-state index is 12.0. The lowest BCUT2D eigenvalue weighted by Crippen LogP contribution is -2.07. The average molecular weight is 338 g/mol. The first kappa shape index (κ1) is 17.4. The largest absolute Gasteiger partial charge is 0.478 e. The number of carbonyl (C=O) groups is 4. The molecule has 2 N–H and O–H groups in total. The fourth-order valence-corrected chi connectivity index (χ4v) is 1.83. The van der Waals surface area contributed by atoms with Crippen LogP contribution < -0.4 is 0 Å². The second-order valence-electron chi connectivity index (χ2n) is 4.72. The van der Waals surface area contributed by atoms with Crippen molar-refractivity contribution in [3.8, 4) is 12.0 Å². The van der Waals surface area contributed by atoms with Gasteiger partial charge < -0.3 is 14.9 Å². The lowest BCUT2D eigenvalue weighted by molar-refractivity contribution is 0.0679. The number of ether oxygens (including phenoxy) is 1. The maximum Gasteiger partial charge on any atom is 0.352 e. The second-order valence-corrected chi connectivity index (χ2v) is 4.72. The van der Waals surface area contributed by atoms with Gasteiger partial charge in [0.1, 0.15) is 6.11 Å². The third kappa shape index (κ3) is 4.53. The van der Waals surface area contributed by atoms with Gasteiger partial charge >= 0.3 is 17.9 Å². The molecule has 0 amide bonds. The van der Waals surface area contributed by atoms with Crippen LogP contribution in [0.5, 0.6) is 0 Å². The van der Waals surface area contributed by atoms with Gasteiger partial charge in [0.05, 0.1) is 16.7 Å². The van der Waals surface area contributed by atoms with E-state index in [4.69, 9.17) is 10.2 Å². The minimum Gasteiger partial charge on any atom is -0.478 e. The summed E-state index contributed by atoms with van der Waals surface area (Å²) in [5, 5.41) is 17.9. The highest BCUT2D eigenvalue weighted by atomic mass is 16.5. The summed E-state index contributed by atoms with van der Waals surface area (Å²) < 4.78 is 4.62. The quantitative estimate of drug-likeness (QED) is 0.498. The molecule has 0 aliphatic carbocycles. The van der Waals surface area contributed by atoms with Crippen molar-refractivity contribution >= 4 is 23.7 Å². The molecule has 0 bridgehead atoms. The molecule has 0 spiro atoms. The topological polar surface area (TPSA) is 118 Å². The molecule has 7 nitrogen and oxygen atoms in total. The molecule has 0 aliphatic rings. The number of aromatic carboxylic acids is 2. The Morgan fingerprint density at radius 2 is 1.28 bits per heavy atom. The summed E-state index contributed by atoms with van der Waals surface area (Å²) in [6.45, 7) is 0. The van der Waals surface area contributed by atoms with Crippen molar-refractivity contribution in [2.45, 2.75) is 0 Å². The van der Waals surface area contributed by atoms with Gasteiger partial charge in [-0.3, -0.25) is 4.79 Å². The van der Waals surface area contributed by atoms with Crippen molar-refractivity contribution in [2.24, 2.45) is 0 Å². The number of hydrogen-bond donors (Lipinski definition) is 2. The number of carbonyl (C=O) groups excluding carboxylic acids is 2. The number of carboxylic acids is 2. The molecule has 0 fully saturated rings. The summed E-state index contributed by atoms with van der Waals surface area (Å²) in [6, 6.07) is 10.9. The Morgan fingerprint density at radius 3 is 1.80 bits per heavy atom. The summed E-state index contributed by atoms with van der Waals surface area (Å²) >= 11 is 0. The first-order chi connectivity index (χ1) is 11.9. The first-order valence-electron chi connectivity index (χ1n) is 6.81. The molecule has 0 radical (unpaired) electrons. The Labute approximate surface area is 141 Å². The number of rotatable bonds is 4. The predicted octanol–water partition coefficient (Wildman–Crippen LogP) is 2.08. The Hall–Kier alpha value is -3.92. The molecule has 0 aromatic heterocycles. The van der Waals surface area contributed by atoms with Crippen LogP contribution >= 0.6 is 0 Å². The molecule has 0 atom stereocenters. The molecule has 0 aliphatic heterocycles. The van der Waals surface area contributed by atoms with Crippen LogP contribution in [0.25, 0.3) is 0 Å². The van der Waals surface area contributed by atoms with Gasteiger partial charge in [0.15, 0.2) is 0 Å². The van der Waals surface area contributed by atoms with Gasteiger partial charge in [0.25, 0.3) is 0 Å². The van der Waals surface area contributed by atoms with Gasteiger partial charge in [-0.15, -0.1) is 0 Å². The van der Waals surface area contributed by atoms with E-state index in [-0.39, 0.29) is 22.3 Å².